The lowest BCUT2D eigenvalue weighted by Crippen LogP contribution is -2.33. The maximum Gasteiger partial charge on any atom is 0.311 e. The van der Waals surface area contributed by atoms with E-state index in [0.29, 0.717) is 6.61 Å². The predicted octanol–water partition coefficient (Wildman–Crippen LogP) is 3.56. The highest BCUT2D eigenvalue weighted by Gasteiger charge is 2.35. The molecule has 122 valence electrons. The lowest BCUT2D eigenvalue weighted by molar-refractivity contribution is -0.163. The van der Waals surface area contributed by atoms with Gasteiger partial charge in [-0.05, 0) is 31.7 Å². The lowest BCUT2D eigenvalue weighted by atomic mass is 9.75. The molecule has 0 spiro atoms. The van der Waals surface area contributed by atoms with Gasteiger partial charge in [-0.3, -0.25) is 9.59 Å². The van der Waals surface area contributed by atoms with Crippen molar-refractivity contribution < 1.29 is 19.1 Å². The van der Waals surface area contributed by atoms with Crippen molar-refractivity contribution in [1.82, 2.24) is 0 Å². The fraction of sp³-hybridized carbons (Fsp3) is 0.556. The summed E-state index contributed by atoms with van der Waals surface area (Å²) in [6.45, 7) is 7.59. The molecule has 0 heterocycles. The smallest absolute Gasteiger partial charge is 0.311 e. The average molecular weight is 306 g/mol. The molecule has 4 heteroatoms. The molecule has 3 unspecified atom stereocenters. The Kier molecular flexibility index (Phi) is 7.82. The van der Waals surface area contributed by atoms with Crippen LogP contribution in [0.5, 0.6) is 0 Å². The Morgan fingerprint density at radius 3 is 2.27 bits per heavy atom. The SMILES string of the molecule is CCOCOC(=O)C(C)C(C(C)=O)C(CC)c1ccccc1. The lowest BCUT2D eigenvalue weighted by Gasteiger charge is -2.28. The molecule has 0 aromatic heterocycles. The number of ketones is 1. The van der Waals surface area contributed by atoms with Crippen LogP contribution in [0.3, 0.4) is 0 Å². The molecule has 0 aliphatic heterocycles. The zero-order chi connectivity index (χ0) is 16.5. The van der Waals surface area contributed by atoms with E-state index in [4.69, 9.17) is 9.47 Å². The van der Waals surface area contributed by atoms with Crippen LogP contribution in [0.2, 0.25) is 0 Å². The second-order valence-electron chi connectivity index (χ2n) is 5.42. The number of ether oxygens (including phenoxy) is 2. The van der Waals surface area contributed by atoms with Crippen LogP contribution in [0.25, 0.3) is 0 Å². The van der Waals surface area contributed by atoms with Crippen molar-refractivity contribution in [2.45, 2.75) is 40.0 Å². The first-order valence-corrected chi connectivity index (χ1v) is 7.82. The van der Waals surface area contributed by atoms with E-state index in [1.54, 1.807) is 13.8 Å². The molecule has 0 saturated heterocycles. The number of benzene rings is 1. The third-order valence-electron chi connectivity index (χ3n) is 3.97. The normalized spacial score (nSPS) is 14.9. The fourth-order valence-electron chi connectivity index (χ4n) is 2.84. The summed E-state index contributed by atoms with van der Waals surface area (Å²) in [7, 11) is 0. The highest BCUT2D eigenvalue weighted by atomic mass is 16.7. The minimum absolute atomic E-state index is 0.00773. The van der Waals surface area contributed by atoms with Gasteiger partial charge in [-0.25, -0.2) is 0 Å². The van der Waals surface area contributed by atoms with Crippen molar-refractivity contribution in [2.24, 2.45) is 11.8 Å². The average Bonchev–Trinajstić information content (AvgIpc) is 2.52. The van der Waals surface area contributed by atoms with Gasteiger partial charge in [0, 0.05) is 12.5 Å². The summed E-state index contributed by atoms with van der Waals surface area (Å²) in [5, 5.41) is 0. The quantitative estimate of drug-likeness (QED) is 0.398. The van der Waals surface area contributed by atoms with Gasteiger partial charge in [-0.2, -0.15) is 0 Å². The molecule has 0 saturated carbocycles. The first kappa shape index (κ1) is 18.4. The van der Waals surface area contributed by atoms with Crippen molar-refractivity contribution in [3.05, 3.63) is 35.9 Å². The number of Topliss-reactive ketones (excluding diaryl/α,β-unsaturated/α-hetero) is 1. The Balaban J connectivity index is 2.91. The molecule has 1 rings (SSSR count). The summed E-state index contributed by atoms with van der Waals surface area (Å²) < 4.78 is 10.1. The molecule has 1 aromatic carbocycles. The number of carbonyl (C=O) groups is 2. The van der Waals surface area contributed by atoms with Gasteiger partial charge in [-0.1, -0.05) is 44.2 Å². The number of hydrogen-bond acceptors (Lipinski definition) is 4. The van der Waals surface area contributed by atoms with Crippen LogP contribution in [0, 0.1) is 11.8 Å². The molecule has 0 aliphatic carbocycles. The van der Waals surface area contributed by atoms with Gasteiger partial charge in [-0.15, -0.1) is 0 Å². The second-order valence-corrected chi connectivity index (χ2v) is 5.42. The molecule has 0 amide bonds. The van der Waals surface area contributed by atoms with E-state index in [-0.39, 0.29) is 30.4 Å². The summed E-state index contributed by atoms with van der Waals surface area (Å²) >= 11 is 0. The van der Waals surface area contributed by atoms with E-state index in [2.05, 4.69) is 0 Å². The standard InChI is InChI=1S/C18H26O4/c1-5-16(15-10-8-7-9-11-15)17(14(4)19)13(3)18(20)22-12-21-6-2/h7-11,13,16-17H,5-6,12H2,1-4H3. The molecule has 3 atom stereocenters. The predicted molar refractivity (Wildman–Crippen MR) is 85.4 cm³/mol. The molecule has 0 N–H and O–H groups in total. The summed E-state index contributed by atoms with van der Waals surface area (Å²) in [5.41, 5.74) is 1.08. The van der Waals surface area contributed by atoms with E-state index in [1.807, 2.05) is 44.2 Å². The van der Waals surface area contributed by atoms with Gasteiger partial charge in [0.05, 0.1) is 5.92 Å². The van der Waals surface area contributed by atoms with Gasteiger partial charge >= 0.3 is 5.97 Å². The van der Waals surface area contributed by atoms with Gasteiger partial charge in [0.15, 0.2) is 6.79 Å². The van der Waals surface area contributed by atoms with Crippen LogP contribution < -0.4 is 0 Å². The third kappa shape index (κ3) is 4.95. The highest BCUT2D eigenvalue weighted by Crippen LogP contribution is 2.34. The maximum atomic E-state index is 12.2. The van der Waals surface area contributed by atoms with Crippen LogP contribution in [0.1, 0.15) is 45.6 Å². The Hall–Kier alpha value is -1.68. The van der Waals surface area contributed by atoms with Crippen molar-refractivity contribution in [2.75, 3.05) is 13.4 Å². The molecule has 0 aliphatic rings. The zero-order valence-corrected chi connectivity index (χ0v) is 13.9. The first-order chi connectivity index (χ1) is 10.5. The Morgan fingerprint density at radius 1 is 1.14 bits per heavy atom. The van der Waals surface area contributed by atoms with Crippen molar-refractivity contribution in [3.8, 4) is 0 Å². The first-order valence-electron chi connectivity index (χ1n) is 7.82. The molecular formula is C18H26O4. The van der Waals surface area contributed by atoms with E-state index in [0.717, 1.165) is 12.0 Å². The van der Waals surface area contributed by atoms with Gasteiger partial charge in [0.2, 0.25) is 0 Å². The van der Waals surface area contributed by atoms with E-state index < -0.39 is 5.92 Å². The fourth-order valence-corrected chi connectivity index (χ4v) is 2.84. The number of carbonyl (C=O) groups excluding carboxylic acids is 2. The van der Waals surface area contributed by atoms with Gasteiger partial charge < -0.3 is 9.47 Å². The highest BCUT2D eigenvalue weighted by molar-refractivity contribution is 5.85. The van der Waals surface area contributed by atoms with Gasteiger partial charge in [0.1, 0.15) is 5.78 Å². The largest absolute Gasteiger partial charge is 0.438 e. The van der Waals surface area contributed by atoms with Crippen LogP contribution in [0.15, 0.2) is 30.3 Å². The molecular weight excluding hydrogens is 280 g/mol. The summed E-state index contributed by atoms with van der Waals surface area (Å²) in [5.74, 6) is -1.25. The van der Waals surface area contributed by atoms with E-state index in [1.165, 1.54) is 0 Å². The topological polar surface area (TPSA) is 52.6 Å². The molecule has 4 nitrogen and oxygen atoms in total. The minimum atomic E-state index is -0.497. The molecule has 0 fully saturated rings. The maximum absolute atomic E-state index is 12.2. The minimum Gasteiger partial charge on any atom is -0.438 e. The molecule has 0 radical (unpaired) electrons. The monoisotopic (exact) mass is 306 g/mol. The summed E-state index contributed by atoms with van der Waals surface area (Å²) in [4.78, 5) is 24.3. The third-order valence-corrected chi connectivity index (χ3v) is 3.97. The van der Waals surface area contributed by atoms with Crippen LogP contribution in [-0.2, 0) is 19.1 Å². The summed E-state index contributed by atoms with van der Waals surface area (Å²) in [6.07, 6.45) is 0.789. The Morgan fingerprint density at radius 2 is 1.77 bits per heavy atom. The second kappa shape index (κ2) is 9.36. The molecule has 0 bridgehead atoms. The Bertz CT molecular complexity index is 469. The van der Waals surface area contributed by atoms with Crippen molar-refractivity contribution >= 4 is 11.8 Å². The molecule has 1 aromatic rings. The van der Waals surface area contributed by atoms with Crippen LogP contribution in [-0.4, -0.2) is 25.2 Å². The number of esters is 1. The molecule has 22 heavy (non-hydrogen) atoms. The van der Waals surface area contributed by atoms with E-state index in [9.17, 15) is 9.59 Å². The van der Waals surface area contributed by atoms with Crippen LogP contribution in [0.4, 0.5) is 0 Å². The van der Waals surface area contributed by atoms with Crippen molar-refractivity contribution in [3.63, 3.8) is 0 Å². The van der Waals surface area contributed by atoms with Crippen LogP contribution >= 0.6 is 0 Å². The number of rotatable bonds is 9. The zero-order valence-electron chi connectivity index (χ0n) is 13.9. The number of hydrogen-bond donors (Lipinski definition) is 0. The summed E-state index contributed by atoms with van der Waals surface area (Å²) in [6, 6.07) is 9.85. The van der Waals surface area contributed by atoms with E-state index >= 15 is 0 Å². The van der Waals surface area contributed by atoms with Gasteiger partial charge in [0.25, 0.3) is 0 Å². The van der Waals surface area contributed by atoms with Crippen molar-refractivity contribution in [1.29, 1.82) is 0 Å². The Labute approximate surface area is 132 Å².